The number of carbonyl (C=O) groups excluding carboxylic acids is 1. The zero-order valence-electron chi connectivity index (χ0n) is 12.8. The molecule has 4 nitrogen and oxygen atoms in total. The predicted octanol–water partition coefficient (Wildman–Crippen LogP) is 2.58. The number of carboxylic acids is 1. The molecular formula is C17H23NO3. The van der Waals surface area contributed by atoms with Crippen molar-refractivity contribution in [3.63, 3.8) is 0 Å². The summed E-state index contributed by atoms with van der Waals surface area (Å²) in [6, 6.07) is 9.13. The van der Waals surface area contributed by atoms with Crippen molar-refractivity contribution in [2.24, 2.45) is 11.3 Å². The Labute approximate surface area is 125 Å². The Morgan fingerprint density at radius 3 is 2.33 bits per heavy atom. The highest BCUT2D eigenvalue weighted by Crippen LogP contribution is 2.51. The van der Waals surface area contributed by atoms with Crippen molar-refractivity contribution in [3.05, 3.63) is 35.9 Å². The molecule has 1 aromatic rings. The number of nitrogens with one attached hydrogen (secondary N) is 1. The molecule has 4 heteroatoms. The molecule has 1 amide bonds. The first kappa shape index (κ1) is 15.5. The van der Waals surface area contributed by atoms with Crippen molar-refractivity contribution in [2.75, 3.05) is 6.54 Å². The Balaban J connectivity index is 2.15. The highest BCUT2D eigenvalue weighted by Gasteiger charge is 2.51. The molecule has 0 spiro atoms. The highest BCUT2D eigenvalue weighted by molar-refractivity contribution is 5.85. The lowest BCUT2D eigenvalue weighted by Gasteiger charge is -2.29. The number of benzene rings is 1. The van der Waals surface area contributed by atoms with E-state index in [4.69, 9.17) is 0 Å². The lowest BCUT2D eigenvalue weighted by atomic mass is 9.78. The van der Waals surface area contributed by atoms with Crippen molar-refractivity contribution >= 4 is 11.9 Å². The van der Waals surface area contributed by atoms with Crippen molar-refractivity contribution in [3.8, 4) is 0 Å². The summed E-state index contributed by atoms with van der Waals surface area (Å²) >= 11 is 0. The molecule has 0 aromatic heterocycles. The van der Waals surface area contributed by atoms with E-state index in [1.165, 1.54) is 0 Å². The third kappa shape index (κ3) is 2.94. The van der Waals surface area contributed by atoms with Crippen LogP contribution in [0.15, 0.2) is 30.3 Å². The zero-order valence-corrected chi connectivity index (χ0v) is 12.8. The largest absolute Gasteiger partial charge is 0.481 e. The summed E-state index contributed by atoms with van der Waals surface area (Å²) in [7, 11) is 0. The van der Waals surface area contributed by atoms with Crippen molar-refractivity contribution in [1.29, 1.82) is 0 Å². The monoisotopic (exact) mass is 289 g/mol. The molecule has 1 aliphatic carbocycles. The van der Waals surface area contributed by atoms with Gasteiger partial charge >= 0.3 is 5.97 Å². The molecule has 0 heterocycles. The second-order valence-corrected chi connectivity index (χ2v) is 6.57. The van der Waals surface area contributed by atoms with Crippen molar-refractivity contribution in [2.45, 2.75) is 39.0 Å². The van der Waals surface area contributed by atoms with E-state index < -0.39 is 11.4 Å². The van der Waals surface area contributed by atoms with Gasteiger partial charge in [0.2, 0.25) is 5.91 Å². The minimum Gasteiger partial charge on any atom is -0.481 e. The van der Waals surface area contributed by atoms with E-state index in [1.807, 2.05) is 37.3 Å². The van der Waals surface area contributed by atoms with Gasteiger partial charge in [-0.3, -0.25) is 9.59 Å². The van der Waals surface area contributed by atoms with Crippen LogP contribution in [0.3, 0.4) is 0 Å². The van der Waals surface area contributed by atoms with Gasteiger partial charge in [0, 0.05) is 12.5 Å². The molecule has 1 aliphatic rings. The maximum atomic E-state index is 12.1. The van der Waals surface area contributed by atoms with Crippen LogP contribution in [0.25, 0.3) is 0 Å². The van der Waals surface area contributed by atoms with Crippen molar-refractivity contribution in [1.82, 2.24) is 5.32 Å². The standard InChI is InChI=1S/C17H23NO3/c1-4-17(15(20)21,12-8-6-5-7-9-12)11-18-14(19)13-10-16(13,2)3/h5-9,13H,4,10-11H2,1-3H3,(H,18,19)(H,20,21)/t13-,17?/m1/s1. The van der Waals surface area contributed by atoms with E-state index in [0.717, 1.165) is 12.0 Å². The fourth-order valence-corrected chi connectivity index (χ4v) is 2.81. The summed E-state index contributed by atoms with van der Waals surface area (Å²) in [5.41, 5.74) is -0.277. The maximum absolute atomic E-state index is 12.1. The molecule has 2 rings (SSSR count). The summed E-state index contributed by atoms with van der Waals surface area (Å²) in [5.74, 6) is -0.918. The Morgan fingerprint density at radius 2 is 1.90 bits per heavy atom. The van der Waals surface area contributed by atoms with Crippen LogP contribution in [0, 0.1) is 11.3 Å². The minimum absolute atomic E-state index is 0.0108. The minimum atomic E-state index is -1.06. The number of carbonyl (C=O) groups is 2. The highest BCUT2D eigenvalue weighted by atomic mass is 16.4. The molecule has 1 aromatic carbocycles. The third-order valence-corrected chi connectivity index (χ3v) is 4.73. The molecule has 0 radical (unpaired) electrons. The fourth-order valence-electron chi connectivity index (χ4n) is 2.81. The quantitative estimate of drug-likeness (QED) is 0.846. The van der Waals surface area contributed by atoms with Gasteiger partial charge in [0.25, 0.3) is 0 Å². The van der Waals surface area contributed by atoms with Gasteiger partial charge in [-0.15, -0.1) is 0 Å². The number of carboxylic acid groups (broad SMARTS) is 1. The Kier molecular flexibility index (Phi) is 4.08. The second kappa shape index (κ2) is 5.51. The van der Waals surface area contributed by atoms with E-state index in [2.05, 4.69) is 19.2 Å². The van der Waals surface area contributed by atoms with Crippen LogP contribution in [0.1, 0.15) is 39.2 Å². The fraction of sp³-hybridized carbons (Fsp3) is 0.529. The molecule has 0 saturated heterocycles. The van der Waals surface area contributed by atoms with Crippen LogP contribution < -0.4 is 5.32 Å². The van der Waals surface area contributed by atoms with Crippen LogP contribution in [-0.4, -0.2) is 23.5 Å². The van der Waals surface area contributed by atoms with E-state index >= 15 is 0 Å². The molecule has 1 saturated carbocycles. The lowest BCUT2D eigenvalue weighted by Crippen LogP contribution is -2.46. The van der Waals surface area contributed by atoms with Crippen LogP contribution in [0.5, 0.6) is 0 Å². The Bertz CT molecular complexity index is 538. The van der Waals surface area contributed by atoms with E-state index in [-0.39, 0.29) is 23.8 Å². The first-order chi connectivity index (χ1) is 9.83. The number of aliphatic carboxylic acids is 1. The van der Waals surface area contributed by atoms with Gasteiger partial charge < -0.3 is 10.4 Å². The van der Waals surface area contributed by atoms with E-state index in [9.17, 15) is 14.7 Å². The van der Waals surface area contributed by atoms with Gasteiger partial charge in [0.15, 0.2) is 0 Å². The molecule has 21 heavy (non-hydrogen) atoms. The third-order valence-electron chi connectivity index (χ3n) is 4.73. The Morgan fingerprint density at radius 1 is 1.33 bits per heavy atom. The smallest absolute Gasteiger partial charge is 0.315 e. The molecule has 0 aliphatic heterocycles. The topological polar surface area (TPSA) is 66.4 Å². The average Bonchev–Trinajstić information content (AvgIpc) is 3.09. The summed E-state index contributed by atoms with van der Waals surface area (Å²) < 4.78 is 0. The summed E-state index contributed by atoms with van der Waals surface area (Å²) in [5, 5.41) is 12.5. The molecule has 114 valence electrons. The Hall–Kier alpha value is -1.84. The summed E-state index contributed by atoms with van der Waals surface area (Å²) in [6.45, 7) is 6.08. The van der Waals surface area contributed by atoms with Gasteiger partial charge in [-0.05, 0) is 23.8 Å². The number of amides is 1. The number of rotatable bonds is 6. The van der Waals surface area contributed by atoms with Crippen LogP contribution >= 0.6 is 0 Å². The zero-order chi connectivity index (χ0) is 15.7. The van der Waals surface area contributed by atoms with Crippen LogP contribution in [0.2, 0.25) is 0 Å². The van der Waals surface area contributed by atoms with Gasteiger partial charge in [0.1, 0.15) is 5.41 Å². The maximum Gasteiger partial charge on any atom is 0.315 e. The van der Waals surface area contributed by atoms with Crippen LogP contribution in [0.4, 0.5) is 0 Å². The molecular weight excluding hydrogens is 266 g/mol. The predicted molar refractivity (Wildman–Crippen MR) is 80.9 cm³/mol. The normalized spacial score (nSPS) is 22.1. The number of hydrogen-bond donors (Lipinski definition) is 2. The second-order valence-electron chi connectivity index (χ2n) is 6.57. The molecule has 0 bridgehead atoms. The van der Waals surface area contributed by atoms with Gasteiger partial charge in [0.05, 0.1) is 0 Å². The van der Waals surface area contributed by atoms with E-state index in [1.54, 1.807) is 0 Å². The average molecular weight is 289 g/mol. The van der Waals surface area contributed by atoms with Gasteiger partial charge in [-0.2, -0.15) is 0 Å². The summed E-state index contributed by atoms with van der Waals surface area (Å²) in [6.07, 6.45) is 1.30. The van der Waals surface area contributed by atoms with Crippen LogP contribution in [-0.2, 0) is 15.0 Å². The summed E-state index contributed by atoms with van der Waals surface area (Å²) in [4.78, 5) is 24.0. The van der Waals surface area contributed by atoms with Crippen molar-refractivity contribution < 1.29 is 14.7 Å². The SMILES string of the molecule is CCC(CNC(=O)[C@H]1CC1(C)C)(C(=O)O)c1ccccc1. The number of hydrogen-bond acceptors (Lipinski definition) is 2. The van der Waals surface area contributed by atoms with Gasteiger partial charge in [-0.1, -0.05) is 51.1 Å². The molecule has 1 fully saturated rings. The lowest BCUT2D eigenvalue weighted by molar-refractivity contribution is -0.144. The molecule has 2 atom stereocenters. The first-order valence-electron chi connectivity index (χ1n) is 7.40. The molecule has 2 N–H and O–H groups in total. The van der Waals surface area contributed by atoms with E-state index in [0.29, 0.717) is 6.42 Å². The molecule has 1 unspecified atom stereocenters. The first-order valence-corrected chi connectivity index (χ1v) is 7.40. The van der Waals surface area contributed by atoms with Gasteiger partial charge in [-0.25, -0.2) is 0 Å².